The van der Waals surface area contributed by atoms with Crippen LogP contribution in [0.5, 0.6) is 0 Å². The van der Waals surface area contributed by atoms with E-state index in [1.807, 2.05) is 0 Å². The normalized spacial score (nSPS) is 19.3. The van der Waals surface area contributed by atoms with Gasteiger partial charge in [0.25, 0.3) is 0 Å². The van der Waals surface area contributed by atoms with Crippen LogP contribution in [0.2, 0.25) is 0 Å². The quantitative estimate of drug-likeness (QED) is 0.560. The van der Waals surface area contributed by atoms with Crippen LogP contribution in [0.15, 0.2) is 54.6 Å². The lowest BCUT2D eigenvalue weighted by Gasteiger charge is -2.13. The summed E-state index contributed by atoms with van der Waals surface area (Å²) in [5, 5.41) is 5.26. The maximum absolute atomic E-state index is 5.86. The first-order chi connectivity index (χ1) is 9.42. The molecule has 1 unspecified atom stereocenters. The molecule has 0 aliphatic carbocycles. The zero-order valence-electron chi connectivity index (χ0n) is 10.8. The molecule has 0 bridgehead atoms. The number of benzene rings is 3. The highest BCUT2D eigenvalue weighted by molar-refractivity contribution is 5.99. The summed E-state index contributed by atoms with van der Waals surface area (Å²) < 4.78 is 5.86. The van der Waals surface area contributed by atoms with Crippen molar-refractivity contribution in [1.82, 2.24) is 0 Å². The minimum atomic E-state index is 0.282. The monoisotopic (exact) mass is 248 g/mol. The van der Waals surface area contributed by atoms with Gasteiger partial charge in [-0.15, -0.1) is 0 Å². The van der Waals surface area contributed by atoms with Crippen molar-refractivity contribution >= 4 is 21.5 Å². The Hall–Kier alpha value is -1.86. The van der Waals surface area contributed by atoms with Crippen LogP contribution in [0.25, 0.3) is 21.5 Å². The van der Waals surface area contributed by atoms with E-state index in [1.54, 1.807) is 0 Å². The zero-order chi connectivity index (χ0) is 12.7. The summed E-state index contributed by atoms with van der Waals surface area (Å²) in [7, 11) is 0. The van der Waals surface area contributed by atoms with E-state index >= 15 is 0 Å². The lowest BCUT2D eigenvalue weighted by molar-refractivity contribution is 0.113. The van der Waals surface area contributed by atoms with Gasteiger partial charge in [-0.05, 0) is 52.1 Å². The summed E-state index contributed by atoms with van der Waals surface area (Å²) in [5.41, 5.74) is 1.35. The van der Waals surface area contributed by atoms with Gasteiger partial charge in [-0.2, -0.15) is 0 Å². The fourth-order valence-electron chi connectivity index (χ4n) is 3.09. The average molecular weight is 248 g/mol. The van der Waals surface area contributed by atoms with E-state index in [0.717, 1.165) is 13.0 Å². The smallest absolute Gasteiger partial charge is 0.0831 e. The highest BCUT2D eigenvalue weighted by Crippen LogP contribution is 2.35. The van der Waals surface area contributed by atoms with Crippen molar-refractivity contribution in [2.75, 3.05) is 6.61 Å². The van der Waals surface area contributed by atoms with Crippen molar-refractivity contribution in [3.63, 3.8) is 0 Å². The highest BCUT2D eigenvalue weighted by Gasteiger charge is 2.19. The minimum absolute atomic E-state index is 0.282. The second-order valence-corrected chi connectivity index (χ2v) is 5.27. The Morgan fingerprint density at radius 1 is 0.842 bits per heavy atom. The molecule has 94 valence electrons. The summed E-state index contributed by atoms with van der Waals surface area (Å²) in [6.07, 6.45) is 2.60. The van der Waals surface area contributed by atoms with E-state index in [9.17, 15) is 0 Å². The number of hydrogen-bond acceptors (Lipinski definition) is 1. The van der Waals surface area contributed by atoms with Crippen molar-refractivity contribution in [3.8, 4) is 0 Å². The van der Waals surface area contributed by atoms with Crippen LogP contribution in [0.3, 0.4) is 0 Å². The minimum Gasteiger partial charge on any atom is -0.374 e. The molecule has 3 aromatic carbocycles. The highest BCUT2D eigenvalue weighted by atomic mass is 16.5. The molecule has 4 rings (SSSR count). The molecule has 1 fully saturated rings. The zero-order valence-corrected chi connectivity index (χ0v) is 10.8. The first-order valence-electron chi connectivity index (χ1n) is 6.95. The van der Waals surface area contributed by atoms with Crippen molar-refractivity contribution in [2.24, 2.45) is 0 Å². The average Bonchev–Trinajstić information content (AvgIpc) is 2.98. The van der Waals surface area contributed by atoms with E-state index in [-0.39, 0.29) is 6.10 Å². The van der Waals surface area contributed by atoms with Crippen molar-refractivity contribution in [1.29, 1.82) is 0 Å². The van der Waals surface area contributed by atoms with Crippen molar-refractivity contribution in [3.05, 3.63) is 60.2 Å². The Kier molecular flexibility index (Phi) is 2.52. The topological polar surface area (TPSA) is 9.23 Å². The third-order valence-corrected chi connectivity index (χ3v) is 4.06. The lowest BCUT2D eigenvalue weighted by atomic mass is 9.96. The summed E-state index contributed by atoms with van der Waals surface area (Å²) in [6.45, 7) is 0.897. The fourth-order valence-corrected chi connectivity index (χ4v) is 3.09. The first kappa shape index (κ1) is 11.0. The van der Waals surface area contributed by atoms with Gasteiger partial charge in [0, 0.05) is 6.61 Å². The third kappa shape index (κ3) is 1.82. The van der Waals surface area contributed by atoms with Gasteiger partial charge in [-0.3, -0.25) is 0 Å². The first-order valence-corrected chi connectivity index (χ1v) is 6.95. The van der Waals surface area contributed by atoms with Gasteiger partial charge < -0.3 is 4.74 Å². The number of hydrogen-bond donors (Lipinski definition) is 0. The van der Waals surface area contributed by atoms with Gasteiger partial charge in [0.05, 0.1) is 6.10 Å². The third-order valence-electron chi connectivity index (χ3n) is 4.06. The van der Waals surface area contributed by atoms with E-state index in [2.05, 4.69) is 54.6 Å². The molecule has 0 amide bonds. The van der Waals surface area contributed by atoms with E-state index in [4.69, 9.17) is 4.74 Å². The van der Waals surface area contributed by atoms with Crippen LogP contribution in [0.4, 0.5) is 0 Å². The Morgan fingerprint density at radius 2 is 1.63 bits per heavy atom. The molecule has 1 heteroatoms. The van der Waals surface area contributed by atoms with Gasteiger partial charge in [0.15, 0.2) is 0 Å². The maximum atomic E-state index is 5.86. The predicted molar refractivity (Wildman–Crippen MR) is 79.4 cm³/mol. The van der Waals surface area contributed by atoms with E-state index < -0.39 is 0 Å². The lowest BCUT2D eigenvalue weighted by Crippen LogP contribution is -1.96. The largest absolute Gasteiger partial charge is 0.374 e. The molecule has 1 aliphatic rings. The van der Waals surface area contributed by atoms with Gasteiger partial charge in [-0.1, -0.05) is 42.5 Å². The van der Waals surface area contributed by atoms with Gasteiger partial charge in [0.1, 0.15) is 0 Å². The van der Waals surface area contributed by atoms with Crippen LogP contribution < -0.4 is 0 Å². The van der Waals surface area contributed by atoms with Crippen molar-refractivity contribution < 1.29 is 4.74 Å². The standard InChI is InChI=1S/C18H16O/c1-2-6-14-12-17-15(11-13(14)5-1)7-3-8-16(17)18-9-4-10-19-18/h1-3,5-8,11-12,18H,4,9-10H2. The number of fused-ring (bicyclic) bond motifs is 2. The molecule has 1 heterocycles. The molecular weight excluding hydrogens is 232 g/mol. The molecule has 0 N–H and O–H groups in total. The van der Waals surface area contributed by atoms with E-state index in [0.29, 0.717) is 0 Å². The van der Waals surface area contributed by atoms with Crippen LogP contribution >= 0.6 is 0 Å². The molecule has 1 aliphatic heterocycles. The molecular formula is C18H16O. The predicted octanol–water partition coefficient (Wildman–Crippen LogP) is 4.84. The van der Waals surface area contributed by atoms with Crippen LogP contribution in [-0.2, 0) is 4.74 Å². The fraction of sp³-hybridized carbons (Fsp3) is 0.222. The van der Waals surface area contributed by atoms with Gasteiger partial charge in [-0.25, -0.2) is 0 Å². The molecule has 0 radical (unpaired) electrons. The summed E-state index contributed by atoms with van der Waals surface area (Å²) in [5.74, 6) is 0. The van der Waals surface area contributed by atoms with Crippen LogP contribution in [0.1, 0.15) is 24.5 Å². The Bertz CT molecular complexity index is 739. The Balaban J connectivity index is 2.00. The SMILES string of the molecule is c1ccc2cc3c(C4CCCO4)cccc3cc2c1. The molecule has 1 saturated heterocycles. The van der Waals surface area contributed by atoms with Gasteiger partial charge in [0.2, 0.25) is 0 Å². The molecule has 1 nitrogen and oxygen atoms in total. The summed E-state index contributed by atoms with van der Waals surface area (Å²) in [6, 6.07) is 19.7. The molecule has 0 aromatic heterocycles. The Morgan fingerprint density at radius 3 is 2.42 bits per heavy atom. The Labute approximate surface area is 112 Å². The van der Waals surface area contributed by atoms with E-state index in [1.165, 1.54) is 33.5 Å². The van der Waals surface area contributed by atoms with Crippen molar-refractivity contribution in [2.45, 2.75) is 18.9 Å². The number of rotatable bonds is 1. The summed E-state index contributed by atoms with van der Waals surface area (Å²) >= 11 is 0. The second kappa shape index (κ2) is 4.36. The summed E-state index contributed by atoms with van der Waals surface area (Å²) in [4.78, 5) is 0. The molecule has 19 heavy (non-hydrogen) atoms. The van der Waals surface area contributed by atoms with Gasteiger partial charge >= 0.3 is 0 Å². The molecule has 1 atom stereocenters. The van der Waals surface area contributed by atoms with Crippen LogP contribution in [-0.4, -0.2) is 6.61 Å². The molecule has 0 spiro atoms. The maximum Gasteiger partial charge on any atom is 0.0831 e. The van der Waals surface area contributed by atoms with Crippen LogP contribution in [0, 0.1) is 0 Å². The molecule has 0 saturated carbocycles. The second-order valence-electron chi connectivity index (χ2n) is 5.27. The molecule has 3 aromatic rings. The number of ether oxygens (including phenoxy) is 1.